The van der Waals surface area contributed by atoms with Crippen molar-refractivity contribution in [2.45, 2.75) is 0 Å². The number of fused-ring (bicyclic) bond motifs is 6. The van der Waals surface area contributed by atoms with E-state index >= 15 is 0 Å². The highest BCUT2D eigenvalue weighted by molar-refractivity contribution is 6.17. The zero-order chi connectivity index (χ0) is 37.7. The Balaban J connectivity index is 1.15. The van der Waals surface area contributed by atoms with Gasteiger partial charge in [0, 0.05) is 50.4 Å². The number of benzene rings is 9. The van der Waals surface area contributed by atoms with E-state index in [0.29, 0.717) is 0 Å². The number of para-hydroxylation sites is 2. The van der Waals surface area contributed by atoms with E-state index in [0.717, 1.165) is 50.2 Å². The van der Waals surface area contributed by atoms with Gasteiger partial charge in [0.25, 0.3) is 0 Å². The Morgan fingerprint density at radius 3 is 1.70 bits per heavy atom. The highest BCUT2D eigenvalue weighted by atomic mass is 16.3. The van der Waals surface area contributed by atoms with Crippen LogP contribution in [0.2, 0.25) is 0 Å². The Hall–Kier alpha value is -7.62. The van der Waals surface area contributed by atoms with Gasteiger partial charge in [-0.2, -0.15) is 0 Å². The van der Waals surface area contributed by atoms with Crippen LogP contribution in [0.15, 0.2) is 223 Å². The number of hydrogen-bond donors (Lipinski definition) is 0. The molecule has 0 N–H and O–H groups in total. The van der Waals surface area contributed by atoms with Gasteiger partial charge in [-0.3, -0.25) is 0 Å². The fourth-order valence-electron chi connectivity index (χ4n) is 8.52. The molecule has 0 saturated carbocycles. The monoisotopic (exact) mass is 728 g/mol. The van der Waals surface area contributed by atoms with Gasteiger partial charge in [-0.25, -0.2) is 0 Å². The summed E-state index contributed by atoms with van der Waals surface area (Å²) in [6.07, 6.45) is 0. The molecule has 57 heavy (non-hydrogen) atoms. The lowest BCUT2D eigenvalue weighted by Crippen LogP contribution is -2.09. The average Bonchev–Trinajstić information content (AvgIpc) is 3.83. The molecular formula is C54H36N2O. The van der Waals surface area contributed by atoms with E-state index in [1.165, 1.54) is 49.7 Å². The van der Waals surface area contributed by atoms with Crippen LogP contribution in [-0.4, -0.2) is 4.57 Å². The van der Waals surface area contributed by atoms with Crippen LogP contribution >= 0.6 is 0 Å². The van der Waals surface area contributed by atoms with Crippen molar-refractivity contribution in [3.8, 4) is 39.1 Å². The minimum atomic E-state index is 0.863. The number of furan rings is 1. The number of anilines is 3. The molecule has 2 aromatic heterocycles. The smallest absolute Gasteiger partial charge is 0.137 e. The van der Waals surface area contributed by atoms with Gasteiger partial charge in [-0.15, -0.1) is 0 Å². The highest BCUT2D eigenvalue weighted by Gasteiger charge is 2.21. The van der Waals surface area contributed by atoms with E-state index in [2.05, 4.69) is 216 Å². The lowest BCUT2D eigenvalue weighted by atomic mass is 9.95. The van der Waals surface area contributed by atoms with Crippen molar-refractivity contribution in [2.24, 2.45) is 0 Å². The molecule has 0 fully saturated rings. The first-order valence-electron chi connectivity index (χ1n) is 19.4. The minimum Gasteiger partial charge on any atom is -0.456 e. The molecule has 0 unspecified atom stereocenters. The van der Waals surface area contributed by atoms with Gasteiger partial charge in [-0.05, 0) is 106 Å². The van der Waals surface area contributed by atoms with Gasteiger partial charge < -0.3 is 13.9 Å². The molecule has 268 valence electrons. The second-order valence-corrected chi connectivity index (χ2v) is 14.5. The second kappa shape index (κ2) is 13.6. The second-order valence-electron chi connectivity index (χ2n) is 14.5. The number of rotatable bonds is 7. The first kappa shape index (κ1) is 32.8. The van der Waals surface area contributed by atoms with Gasteiger partial charge in [0.15, 0.2) is 0 Å². The van der Waals surface area contributed by atoms with Crippen molar-refractivity contribution >= 4 is 60.8 Å². The topological polar surface area (TPSA) is 21.3 Å². The van der Waals surface area contributed by atoms with Crippen LogP contribution in [-0.2, 0) is 0 Å². The summed E-state index contributed by atoms with van der Waals surface area (Å²) in [6, 6.07) is 78.2. The van der Waals surface area contributed by atoms with Crippen LogP contribution in [0.5, 0.6) is 0 Å². The quantitative estimate of drug-likeness (QED) is 0.163. The molecule has 11 aromatic rings. The lowest BCUT2D eigenvalue weighted by molar-refractivity contribution is 0.669. The Labute approximate surface area is 330 Å². The van der Waals surface area contributed by atoms with Crippen molar-refractivity contribution in [3.05, 3.63) is 218 Å². The van der Waals surface area contributed by atoms with E-state index < -0.39 is 0 Å². The van der Waals surface area contributed by atoms with Crippen LogP contribution in [0.25, 0.3) is 82.8 Å². The zero-order valence-electron chi connectivity index (χ0n) is 31.1. The SMILES string of the molecule is c1ccc(-c2ccc(N(c3ccc4c(c3)oc3ccccc34)c3ccc4c(c3)c3c(-c5cccc(-c6ccccc6)c5)cccc3n4-c3ccccc3)cc2)cc1. The van der Waals surface area contributed by atoms with Gasteiger partial charge in [-0.1, -0.05) is 140 Å². The maximum Gasteiger partial charge on any atom is 0.137 e. The summed E-state index contributed by atoms with van der Waals surface area (Å²) in [5.41, 5.74) is 15.5. The molecule has 0 radical (unpaired) electrons. The molecule has 0 aliphatic rings. The molecule has 2 heterocycles. The minimum absolute atomic E-state index is 0.863. The third-order valence-electron chi connectivity index (χ3n) is 11.2. The number of hydrogen-bond acceptors (Lipinski definition) is 2. The summed E-state index contributed by atoms with van der Waals surface area (Å²) >= 11 is 0. The van der Waals surface area contributed by atoms with Crippen molar-refractivity contribution in [1.82, 2.24) is 4.57 Å². The van der Waals surface area contributed by atoms with Crippen LogP contribution in [0, 0.1) is 0 Å². The summed E-state index contributed by atoms with van der Waals surface area (Å²) in [5.74, 6) is 0. The predicted molar refractivity (Wildman–Crippen MR) is 239 cm³/mol. The van der Waals surface area contributed by atoms with Crippen molar-refractivity contribution < 1.29 is 4.42 Å². The van der Waals surface area contributed by atoms with Gasteiger partial charge in [0.05, 0.1) is 11.0 Å². The summed E-state index contributed by atoms with van der Waals surface area (Å²) in [6.45, 7) is 0. The molecular weight excluding hydrogens is 693 g/mol. The molecule has 0 atom stereocenters. The van der Waals surface area contributed by atoms with Gasteiger partial charge in [0.2, 0.25) is 0 Å². The Kier molecular flexibility index (Phi) is 7.82. The normalized spacial score (nSPS) is 11.5. The summed E-state index contributed by atoms with van der Waals surface area (Å²) in [7, 11) is 0. The summed E-state index contributed by atoms with van der Waals surface area (Å²) in [5, 5.41) is 4.63. The lowest BCUT2D eigenvalue weighted by Gasteiger charge is -2.26. The maximum absolute atomic E-state index is 6.45. The highest BCUT2D eigenvalue weighted by Crippen LogP contribution is 2.44. The number of aromatic nitrogens is 1. The van der Waals surface area contributed by atoms with Crippen molar-refractivity contribution in [1.29, 1.82) is 0 Å². The summed E-state index contributed by atoms with van der Waals surface area (Å²) < 4.78 is 8.85. The molecule has 0 aliphatic heterocycles. The van der Waals surface area contributed by atoms with E-state index in [4.69, 9.17) is 4.42 Å². The standard InChI is InChI=1S/C54H36N2O/c1-4-14-37(15-5-1)39-26-28-43(29-27-39)55(45-30-32-48-47-22-10-11-25-52(47)57-53(48)36-45)44-31-33-50-49(35-44)54-46(23-13-24-51(54)56(50)42-20-8-3-9-21-42)41-19-12-18-40(34-41)38-16-6-2-7-17-38/h1-36H. The average molecular weight is 729 g/mol. The molecule has 11 rings (SSSR count). The third kappa shape index (κ3) is 5.68. The van der Waals surface area contributed by atoms with Crippen molar-refractivity contribution in [3.63, 3.8) is 0 Å². The molecule has 0 saturated heterocycles. The van der Waals surface area contributed by atoms with Crippen LogP contribution in [0.4, 0.5) is 17.1 Å². The van der Waals surface area contributed by atoms with E-state index in [1.54, 1.807) is 0 Å². The molecule has 3 heteroatoms. The molecule has 0 bridgehead atoms. The van der Waals surface area contributed by atoms with E-state index in [1.807, 2.05) is 12.1 Å². The van der Waals surface area contributed by atoms with Crippen LogP contribution in [0.3, 0.4) is 0 Å². The van der Waals surface area contributed by atoms with Crippen LogP contribution < -0.4 is 4.90 Å². The summed E-state index contributed by atoms with van der Waals surface area (Å²) in [4.78, 5) is 2.35. The molecule has 0 aliphatic carbocycles. The molecule has 0 spiro atoms. The Morgan fingerprint density at radius 2 is 0.912 bits per heavy atom. The molecule has 9 aromatic carbocycles. The maximum atomic E-state index is 6.45. The predicted octanol–water partition coefficient (Wildman–Crippen LogP) is 15.2. The third-order valence-corrected chi connectivity index (χ3v) is 11.2. The van der Waals surface area contributed by atoms with Crippen LogP contribution in [0.1, 0.15) is 0 Å². The Morgan fingerprint density at radius 1 is 0.333 bits per heavy atom. The number of nitrogens with zero attached hydrogens (tertiary/aromatic N) is 2. The first-order valence-corrected chi connectivity index (χ1v) is 19.4. The van der Waals surface area contributed by atoms with E-state index in [9.17, 15) is 0 Å². The fraction of sp³-hybridized carbons (Fsp3) is 0. The molecule has 3 nitrogen and oxygen atoms in total. The largest absolute Gasteiger partial charge is 0.456 e. The zero-order valence-corrected chi connectivity index (χ0v) is 31.1. The molecule has 0 amide bonds. The first-order chi connectivity index (χ1) is 28.3. The van der Waals surface area contributed by atoms with E-state index in [-0.39, 0.29) is 0 Å². The van der Waals surface area contributed by atoms with Gasteiger partial charge in [0.1, 0.15) is 11.2 Å². The van der Waals surface area contributed by atoms with Crippen molar-refractivity contribution in [2.75, 3.05) is 4.90 Å². The van der Waals surface area contributed by atoms with Gasteiger partial charge >= 0.3 is 0 Å². The fourth-order valence-corrected chi connectivity index (χ4v) is 8.52. The Bertz CT molecular complexity index is 3220.